The molecule has 0 bridgehead atoms. The molecule has 0 spiro atoms. The summed E-state index contributed by atoms with van der Waals surface area (Å²) in [6.45, 7) is -0.0610. The molecule has 5 N–H and O–H groups in total. The number of anilines is 1. The number of rotatable bonds is 6. The third kappa shape index (κ3) is 3.10. The number of hydrogen-bond donors (Lipinski definition) is 4. The van der Waals surface area contributed by atoms with E-state index in [1.807, 2.05) is 0 Å². The number of benzene rings is 1. The molecule has 2 aromatic rings. The van der Waals surface area contributed by atoms with Crippen LogP contribution in [-0.2, 0) is 14.8 Å². The maximum Gasteiger partial charge on any atom is 0.242 e. The molecule has 1 aromatic heterocycles. The highest BCUT2D eigenvalue weighted by Crippen LogP contribution is 2.24. The summed E-state index contributed by atoms with van der Waals surface area (Å²) < 4.78 is 31.5. The predicted molar refractivity (Wildman–Crippen MR) is 75.8 cm³/mol. The Hall–Kier alpha value is -1.61. The lowest BCUT2D eigenvalue weighted by molar-refractivity contribution is 0.0679. The van der Waals surface area contributed by atoms with Crippen LogP contribution >= 0.6 is 0 Å². The minimum Gasteiger partial charge on any atom is -0.399 e. The van der Waals surface area contributed by atoms with Crippen molar-refractivity contribution in [3.63, 3.8) is 0 Å². The Balaban J connectivity index is 2.25. The first-order valence-corrected chi connectivity index (χ1v) is 7.45. The first kappa shape index (κ1) is 14.8. The Morgan fingerprint density at radius 1 is 1.50 bits per heavy atom. The van der Waals surface area contributed by atoms with Crippen LogP contribution in [0.1, 0.15) is 0 Å². The van der Waals surface area contributed by atoms with Crippen molar-refractivity contribution in [2.75, 3.05) is 26.0 Å². The normalized spacial score (nSPS) is 13.7. The Bertz CT molecular complexity index is 696. The second-order valence-corrected chi connectivity index (χ2v) is 6.15. The van der Waals surface area contributed by atoms with Crippen LogP contribution in [-0.4, -0.2) is 44.9 Å². The highest BCUT2D eigenvalue weighted by Gasteiger charge is 2.20. The van der Waals surface area contributed by atoms with Crippen LogP contribution in [0, 0.1) is 0 Å². The van der Waals surface area contributed by atoms with Crippen molar-refractivity contribution in [1.29, 1.82) is 0 Å². The van der Waals surface area contributed by atoms with Gasteiger partial charge in [-0.2, -0.15) is 0 Å². The molecule has 1 unspecified atom stereocenters. The van der Waals surface area contributed by atoms with Crippen LogP contribution < -0.4 is 10.5 Å². The predicted octanol–water partition coefficient (Wildman–Crippen LogP) is 0.0357. The first-order chi connectivity index (χ1) is 9.44. The van der Waals surface area contributed by atoms with Gasteiger partial charge < -0.3 is 20.6 Å². The van der Waals surface area contributed by atoms with E-state index in [0.29, 0.717) is 16.6 Å². The largest absolute Gasteiger partial charge is 0.399 e. The van der Waals surface area contributed by atoms with Gasteiger partial charge in [0.25, 0.3) is 0 Å². The fourth-order valence-electron chi connectivity index (χ4n) is 1.87. The summed E-state index contributed by atoms with van der Waals surface area (Å²) in [5, 5.41) is 10.0. The van der Waals surface area contributed by atoms with Crippen molar-refractivity contribution in [2.45, 2.75) is 11.0 Å². The van der Waals surface area contributed by atoms with Gasteiger partial charge in [0.2, 0.25) is 10.0 Å². The summed E-state index contributed by atoms with van der Waals surface area (Å²) in [5.74, 6) is 0. The summed E-state index contributed by atoms with van der Waals surface area (Å²) in [4.78, 5) is 2.97. The second-order valence-electron chi connectivity index (χ2n) is 4.42. The zero-order chi connectivity index (χ0) is 14.8. The average molecular weight is 299 g/mol. The minimum atomic E-state index is -3.73. The summed E-state index contributed by atoms with van der Waals surface area (Å²) in [7, 11) is -2.30. The lowest BCUT2D eigenvalue weighted by Crippen LogP contribution is -2.34. The molecule has 0 saturated carbocycles. The maximum absolute atomic E-state index is 12.2. The lowest BCUT2D eigenvalue weighted by Gasteiger charge is -2.10. The van der Waals surface area contributed by atoms with Crippen molar-refractivity contribution in [1.82, 2.24) is 9.71 Å². The zero-order valence-corrected chi connectivity index (χ0v) is 11.8. The molecular weight excluding hydrogens is 282 g/mol. The third-order valence-corrected chi connectivity index (χ3v) is 4.29. The highest BCUT2D eigenvalue weighted by atomic mass is 32.2. The Morgan fingerprint density at radius 2 is 2.25 bits per heavy atom. The molecule has 1 aromatic carbocycles. The van der Waals surface area contributed by atoms with Crippen LogP contribution in [0.15, 0.2) is 29.3 Å². The Kier molecular flexibility index (Phi) is 4.29. The number of nitrogens with one attached hydrogen (secondary N) is 2. The summed E-state index contributed by atoms with van der Waals surface area (Å²) in [6.07, 6.45) is 0.500. The van der Waals surface area contributed by atoms with E-state index in [-0.39, 0.29) is 18.0 Å². The van der Waals surface area contributed by atoms with Crippen molar-refractivity contribution >= 4 is 26.6 Å². The van der Waals surface area contributed by atoms with E-state index in [1.54, 1.807) is 18.2 Å². The van der Waals surface area contributed by atoms with Gasteiger partial charge in [0.05, 0.1) is 12.7 Å². The van der Waals surface area contributed by atoms with E-state index in [2.05, 4.69) is 9.71 Å². The van der Waals surface area contributed by atoms with Gasteiger partial charge >= 0.3 is 0 Å². The van der Waals surface area contributed by atoms with Gasteiger partial charge in [-0.05, 0) is 18.2 Å². The van der Waals surface area contributed by atoms with E-state index in [0.717, 1.165) is 0 Å². The monoisotopic (exact) mass is 299 g/mol. The molecule has 0 fully saturated rings. The van der Waals surface area contributed by atoms with E-state index < -0.39 is 16.1 Å². The molecular formula is C12H17N3O4S. The number of aliphatic hydroxyl groups is 1. The smallest absolute Gasteiger partial charge is 0.242 e. The number of nitrogen functional groups attached to an aromatic ring is 1. The van der Waals surface area contributed by atoms with Gasteiger partial charge in [0.15, 0.2) is 0 Å². The summed E-state index contributed by atoms with van der Waals surface area (Å²) in [6, 6.07) is 4.99. The SMILES string of the molecule is COCC(O)CNS(=O)(=O)c1c[nH]c2ccc(N)cc12. The number of ether oxygens (including phenoxy) is 1. The Labute approximate surface area is 116 Å². The number of aliphatic hydroxyl groups excluding tert-OH is 1. The third-order valence-electron chi connectivity index (χ3n) is 2.83. The molecule has 1 atom stereocenters. The van der Waals surface area contributed by atoms with Gasteiger partial charge in [-0.15, -0.1) is 0 Å². The van der Waals surface area contributed by atoms with Gasteiger partial charge in [0.1, 0.15) is 4.90 Å². The molecule has 1 heterocycles. The fraction of sp³-hybridized carbons (Fsp3) is 0.333. The van der Waals surface area contributed by atoms with Crippen molar-refractivity contribution in [3.8, 4) is 0 Å². The molecule has 7 nitrogen and oxygen atoms in total. The quantitative estimate of drug-likeness (QED) is 0.562. The number of fused-ring (bicyclic) bond motifs is 1. The van der Waals surface area contributed by atoms with Crippen LogP contribution in [0.2, 0.25) is 0 Å². The number of methoxy groups -OCH3 is 1. The zero-order valence-electron chi connectivity index (χ0n) is 11.0. The standard InChI is InChI=1S/C12H17N3O4S/c1-19-7-9(16)5-15-20(17,18)12-6-14-11-3-2-8(13)4-10(11)12/h2-4,6,9,14-16H,5,7,13H2,1H3. The number of aromatic nitrogens is 1. The summed E-state index contributed by atoms with van der Waals surface area (Å²) in [5.41, 5.74) is 6.83. The average Bonchev–Trinajstić information content (AvgIpc) is 2.80. The lowest BCUT2D eigenvalue weighted by atomic mass is 10.2. The highest BCUT2D eigenvalue weighted by molar-refractivity contribution is 7.89. The van der Waals surface area contributed by atoms with Crippen molar-refractivity contribution in [2.24, 2.45) is 0 Å². The summed E-state index contributed by atoms with van der Waals surface area (Å²) >= 11 is 0. The number of sulfonamides is 1. The fourth-order valence-corrected chi connectivity index (χ4v) is 3.11. The van der Waals surface area contributed by atoms with Crippen LogP contribution in [0.4, 0.5) is 5.69 Å². The molecule has 0 amide bonds. The van der Waals surface area contributed by atoms with Crippen molar-refractivity contribution in [3.05, 3.63) is 24.4 Å². The Morgan fingerprint density at radius 3 is 2.95 bits per heavy atom. The van der Waals surface area contributed by atoms with Crippen LogP contribution in [0.25, 0.3) is 10.9 Å². The molecule has 0 aliphatic heterocycles. The van der Waals surface area contributed by atoms with E-state index in [4.69, 9.17) is 10.5 Å². The van der Waals surface area contributed by atoms with Crippen molar-refractivity contribution < 1.29 is 18.3 Å². The number of aromatic amines is 1. The second kappa shape index (κ2) is 5.80. The number of nitrogens with two attached hydrogens (primary N) is 1. The topological polar surface area (TPSA) is 117 Å². The molecule has 0 aliphatic carbocycles. The number of H-pyrrole nitrogens is 1. The molecule has 20 heavy (non-hydrogen) atoms. The van der Waals surface area contributed by atoms with Gasteiger partial charge in [0, 0.05) is 36.4 Å². The number of hydrogen-bond acceptors (Lipinski definition) is 5. The minimum absolute atomic E-state index is 0.0589. The molecule has 8 heteroatoms. The van der Waals surface area contributed by atoms with Gasteiger partial charge in [-0.1, -0.05) is 0 Å². The van der Waals surface area contributed by atoms with Gasteiger partial charge in [-0.3, -0.25) is 0 Å². The molecule has 110 valence electrons. The molecule has 0 radical (unpaired) electrons. The van der Waals surface area contributed by atoms with E-state index in [1.165, 1.54) is 13.3 Å². The molecule has 2 rings (SSSR count). The van der Waals surface area contributed by atoms with Crippen LogP contribution in [0.3, 0.4) is 0 Å². The van der Waals surface area contributed by atoms with Crippen LogP contribution in [0.5, 0.6) is 0 Å². The van der Waals surface area contributed by atoms with E-state index in [9.17, 15) is 13.5 Å². The van der Waals surface area contributed by atoms with E-state index >= 15 is 0 Å². The van der Waals surface area contributed by atoms with Gasteiger partial charge in [-0.25, -0.2) is 13.1 Å². The molecule has 0 saturated heterocycles. The first-order valence-electron chi connectivity index (χ1n) is 5.97. The maximum atomic E-state index is 12.2. The molecule has 0 aliphatic rings.